The molecule has 0 saturated heterocycles. The van der Waals surface area contributed by atoms with Crippen molar-refractivity contribution in [3.8, 4) is 0 Å². The van der Waals surface area contributed by atoms with Gasteiger partial charge in [0.15, 0.2) is 0 Å². The van der Waals surface area contributed by atoms with Crippen LogP contribution in [0, 0.1) is 6.92 Å². The normalized spacial score (nSPS) is 14.7. The van der Waals surface area contributed by atoms with Crippen LogP contribution < -0.4 is 10.2 Å². The number of amides is 1. The van der Waals surface area contributed by atoms with E-state index in [1.54, 1.807) is 0 Å². The fourth-order valence-corrected chi connectivity index (χ4v) is 3.55. The number of carbonyl (C=O) groups excluding carboxylic acids is 1. The highest BCUT2D eigenvalue weighted by molar-refractivity contribution is 6.35. The van der Waals surface area contributed by atoms with Gasteiger partial charge in [-0.3, -0.25) is 4.79 Å². The Balaban J connectivity index is 1.95. The molecule has 0 radical (unpaired) electrons. The first-order chi connectivity index (χ1) is 12.1. The maximum absolute atomic E-state index is 12.5. The van der Waals surface area contributed by atoms with Crippen molar-refractivity contribution in [1.82, 2.24) is 0 Å². The van der Waals surface area contributed by atoms with Crippen LogP contribution in [-0.2, 0) is 4.79 Å². The lowest BCUT2D eigenvalue weighted by Gasteiger charge is -2.17. The molecule has 1 N–H and O–H groups in total. The van der Waals surface area contributed by atoms with Crippen molar-refractivity contribution < 1.29 is 4.79 Å². The summed E-state index contributed by atoms with van der Waals surface area (Å²) >= 11 is 0. The number of rotatable bonds is 2. The Morgan fingerprint density at radius 2 is 1.68 bits per heavy atom. The highest BCUT2D eigenvalue weighted by atomic mass is 16.2. The number of nitrogens with zero attached hydrogens (tertiary/aromatic N) is 1. The number of hydrogen-bond acceptors (Lipinski definition) is 2. The third kappa shape index (κ3) is 2.49. The molecule has 4 rings (SSSR count). The van der Waals surface area contributed by atoms with E-state index in [0.29, 0.717) is 0 Å². The fourth-order valence-electron chi connectivity index (χ4n) is 3.55. The standard InChI is InChI=1S/C22H20N2O/c1-14-7-6-10-19-21(14)18(22(25)23-19)13-15-11-12-20(24(2)3)17-9-5-4-8-16(15)17/h4-13H,1-3H3,(H,23,25)/b18-13-. The zero-order valence-corrected chi connectivity index (χ0v) is 14.6. The largest absolute Gasteiger partial charge is 0.377 e. The van der Waals surface area contributed by atoms with Crippen molar-refractivity contribution in [2.24, 2.45) is 0 Å². The average molecular weight is 328 g/mol. The van der Waals surface area contributed by atoms with Crippen LogP contribution in [0.3, 0.4) is 0 Å². The minimum Gasteiger partial charge on any atom is -0.377 e. The Hall–Kier alpha value is -3.07. The highest BCUT2D eigenvalue weighted by Crippen LogP contribution is 2.37. The van der Waals surface area contributed by atoms with E-state index in [2.05, 4.69) is 34.5 Å². The van der Waals surface area contributed by atoms with Crippen molar-refractivity contribution in [3.63, 3.8) is 0 Å². The van der Waals surface area contributed by atoms with Gasteiger partial charge in [-0.15, -0.1) is 0 Å². The summed E-state index contributed by atoms with van der Waals surface area (Å²) in [4.78, 5) is 14.6. The molecule has 0 aromatic heterocycles. The molecule has 1 aliphatic heterocycles. The van der Waals surface area contributed by atoms with Gasteiger partial charge < -0.3 is 10.2 Å². The molecule has 1 amide bonds. The molecule has 0 saturated carbocycles. The summed E-state index contributed by atoms with van der Waals surface area (Å²) in [5.41, 5.74) is 5.97. The van der Waals surface area contributed by atoms with E-state index in [-0.39, 0.29) is 5.91 Å². The zero-order valence-electron chi connectivity index (χ0n) is 14.6. The first-order valence-electron chi connectivity index (χ1n) is 8.38. The second-order valence-corrected chi connectivity index (χ2v) is 6.62. The maximum atomic E-state index is 12.5. The van der Waals surface area contributed by atoms with E-state index >= 15 is 0 Å². The molecule has 3 aromatic rings. The van der Waals surface area contributed by atoms with E-state index in [9.17, 15) is 4.79 Å². The van der Waals surface area contributed by atoms with Crippen LogP contribution in [0.5, 0.6) is 0 Å². The van der Waals surface area contributed by atoms with Gasteiger partial charge in [-0.1, -0.05) is 42.5 Å². The van der Waals surface area contributed by atoms with Crippen molar-refractivity contribution in [3.05, 3.63) is 71.3 Å². The lowest BCUT2D eigenvalue weighted by molar-refractivity contribution is -0.110. The number of hydrogen-bond donors (Lipinski definition) is 1. The number of benzene rings is 3. The first kappa shape index (κ1) is 15.5. The van der Waals surface area contributed by atoms with E-state index in [1.807, 2.05) is 57.4 Å². The van der Waals surface area contributed by atoms with Crippen LogP contribution in [0.1, 0.15) is 16.7 Å². The molecule has 0 bridgehead atoms. The number of nitrogens with one attached hydrogen (secondary N) is 1. The zero-order chi connectivity index (χ0) is 17.6. The van der Waals surface area contributed by atoms with E-state index in [4.69, 9.17) is 0 Å². The van der Waals surface area contributed by atoms with Crippen molar-refractivity contribution in [1.29, 1.82) is 0 Å². The van der Waals surface area contributed by atoms with E-state index < -0.39 is 0 Å². The molecule has 3 aromatic carbocycles. The minimum atomic E-state index is -0.0370. The predicted octanol–water partition coefficient (Wildman–Crippen LogP) is 4.71. The first-order valence-corrected chi connectivity index (χ1v) is 8.38. The molecule has 3 nitrogen and oxygen atoms in total. The van der Waals surface area contributed by atoms with Crippen LogP contribution in [0.2, 0.25) is 0 Å². The van der Waals surface area contributed by atoms with Gasteiger partial charge in [0, 0.05) is 42.0 Å². The van der Waals surface area contributed by atoms with Crippen LogP contribution in [0.25, 0.3) is 22.4 Å². The predicted molar refractivity (Wildman–Crippen MR) is 106 cm³/mol. The lowest BCUT2D eigenvalue weighted by Crippen LogP contribution is -2.09. The molecule has 1 aliphatic rings. The molecule has 0 unspecified atom stereocenters. The molecule has 0 atom stereocenters. The van der Waals surface area contributed by atoms with Crippen molar-refractivity contribution in [2.75, 3.05) is 24.3 Å². The van der Waals surface area contributed by atoms with E-state index in [0.717, 1.165) is 33.3 Å². The SMILES string of the molecule is Cc1cccc2c1/C(=C/c1ccc(N(C)C)c3ccccc13)C(=O)N2. The highest BCUT2D eigenvalue weighted by Gasteiger charge is 2.25. The molecule has 124 valence electrons. The quantitative estimate of drug-likeness (QED) is 0.691. The Morgan fingerprint density at radius 3 is 2.44 bits per heavy atom. The number of carbonyl (C=O) groups is 1. The maximum Gasteiger partial charge on any atom is 0.256 e. The minimum absolute atomic E-state index is 0.0370. The third-order valence-electron chi connectivity index (χ3n) is 4.75. The second kappa shape index (κ2) is 5.78. The summed E-state index contributed by atoms with van der Waals surface area (Å²) in [6.07, 6.45) is 2.01. The molecular formula is C22H20N2O. The summed E-state index contributed by atoms with van der Waals surface area (Å²) in [5, 5.41) is 5.31. The Morgan fingerprint density at radius 1 is 0.920 bits per heavy atom. The summed E-state index contributed by atoms with van der Waals surface area (Å²) in [6, 6.07) is 18.5. The van der Waals surface area contributed by atoms with Gasteiger partial charge in [0.25, 0.3) is 5.91 Å². The molecule has 1 heterocycles. The summed E-state index contributed by atoms with van der Waals surface area (Å²) < 4.78 is 0. The van der Waals surface area contributed by atoms with Crippen molar-refractivity contribution in [2.45, 2.75) is 6.92 Å². The number of fused-ring (bicyclic) bond motifs is 2. The fraction of sp³-hybridized carbons (Fsp3) is 0.136. The summed E-state index contributed by atoms with van der Waals surface area (Å²) in [6.45, 7) is 2.04. The van der Waals surface area contributed by atoms with Crippen LogP contribution in [0.15, 0.2) is 54.6 Å². The Kier molecular flexibility index (Phi) is 3.57. The summed E-state index contributed by atoms with van der Waals surface area (Å²) in [5.74, 6) is -0.0370. The van der Waals surface area contributed by atoms with Gasteiger partial charge in [0.2, 0.25) is 0 Å². The van der Waals surface area contributed by atoms with Gasteiger partial charge in [0.05, 0.1) is 0 Å². The molecular weight excluding hydrogens is 308 g/mol. The lowest BCUT2D eigenvalue weighted by atomic mass is 9.96. The van der Waals surface area contributed by atoms with Gasteiger partial charge in [-0.05, 0) is 41.6 Å². The van der Waals surface area contributed by atoms with Gasteiger partial charge in [-0.2, -0.15) is 0 Å². The molecule has 3 heteroatoms. The topological polar surface area (TPSA) is 32.3 Å². The molecule has 0 aliphatic carbocycles. The van der Waals surface area contributed by atoms with Crippen molar-refractivity contribution >= 4 is 39.7 Å². The van der Waals surface area contributed by atoms with E-state index in [1.165, 1.54) is 11.1 Å². The molecule has 0 fully saturated rings. The Bertz CT molecular complexity index is 1030. The van der Waals surface area contributed by atoms with Crippen LogP contribution >= 0.6 is 0 Å². The molecule has 0 spiro atoms. The van der Waals surface area contributed by atoms with Gasteiger partial charge in [-0.25, -0.2) is 0 Å². The van der Waals surface area contributed by atoms with Crippen LogP contribution in [-0.4, -0.2) is 20.0 Å². The van der Waals surface area contributed by atoms with Gasteiger partial charge >= 0.3 is 0 Å². The van der Waals surface area contributed by atoms with Crippen LogP contribution in [0.4, 0.5) is 11.4 Å². The number of anilines is 2. The third-order valence-corrected chi connectivity index (χ3v) is 4.75. The molecule has 25 heavy (non-hydrogen) atoms. The van der Waals surface area contributed by atoms with Gasteiger partial charge in [0.1, 0.15) is 0 Å². The smallest absolute Gasteiger partial charge is 0.256 e. The summed E-state index contributed by atoms with van der Waals surface area (Å²) in [7, 11) is 4.09. The number of aryl methyl sites for hydroxylation is 1. The second-order valence-electron chi connectivity index (χ2n) is 6.62. The monoisotopic (exact) mass is 328 g/mol. The Labute approximate surface area is 147 Å². The average Bonchev–Trinajstić information content (AvgIpc) is 2.91.